The van der Waals surface area contributed by atoms with Crippen molar-refractivity contribution in [2.24, 2.45) is 0 Å². The van der Waals surface area contributed by atoms with Gasteiger partial charge in [-0.2, -0.15) is 0 Å². The normalized spacial score (nSPS) is 15.7. The monoisotopic (exact) mass is 301 g/mol. The lowest BCUT2D eigenvalue weighted by molar-refractivity contribution is 0.556. The topological polar surface area (TPSA) is 37.8 Å². The second-order valence-electron chi connectivity index (χ2n) is 5.23. The Bertz CT molecular complexity index is 411. The lowest BCUT2D eigenvalue weighted by Gasteiger charge is -2.31. The van der Waals surface area contributed by atoms with Crippen LogP contribution in [0.1, 0.15) is 43.9 Å². The van der Waals surface area contributed by atoms with Gasteiger partial charge in [0, 0.05) is 23.0 Å². The molecule has 1 N–H and O–H groups in total. The number of aromatic nitrogens is 2. The Labute approximate surface area is 125 Å². The van der Waals surface area contributed by atoms with E-state index in [9.17, 15) is 0 Å². The predicted molar refractivity (Wildman–Crippen MR) is 81.4 cm³/mol. The molecule has 1 heterocycles. The second-order valence-corrected chi connectivity index (χ2v) is 5.77. The molecule has 1 aliphatic carbocycles. The number of fused-ring (bicyclic) bond motifs is 1. The summed E-state index contributed by atoms with van der Waals surface area (Å²) < 4.78 is 0. The van der Waals surface area contributed by atoms with Crippen LogP contribution in [0.4, 0.5) is 5.82 Å². The minimum atomic E-state index is -0.280. The van der Waals surface area contributed by atoms with Gasteiger partial charge in [-0.1, -0.05) is 13.3 Å². The third-order valence-corrected chi connectivity index (χ3v) is 4.97. The van der Waals surface area contributed by atoms with E-state index < -0.39 is 0 Å². The van der Waals surface area contributed by atoms with Crippen LogP contribution in [-0.4, -0.2) is 27.3 Å². The third-order valence-electron chi connectivity index (χ3n) is 3.95. The van der Waals surface area contributed by atoms with E-state index in [2.05, 4.69) is 22.2 Å². The van der Waals surface area contributed by atoms with Crippen LogP contribution in [0.15, 0.2) is 6.33 Å². The molecule has 0 bridgehead atoms. The minimum absolute atomic E-state index is 0.280. The van der Waals surface area contributed by atoms with E-state index in [0.29, 0.717) is 11.8 Å². The standard InChI is InChI=1S/C14H21Cl2N3/c1-2-14(8-15,9-16)19-13-11-6-4-3-5-7-12(11)17-10-18-13/h10H,2-9H2,1H3,(H,17,18,19). The fraction of sp³-hybridized carbons (Fsp3) is 0.714. The third kappa shape index (κ3) is 3.32. The molecule has 0 saturated carbocycles. The molecule has 1 aromatic rings. The zero-order valence-electron chi connectivity index (χ0n) is 11.4. The average Bonchev–Trinajstić information content (AvgIpc) is 2.71. The molecule has 0 fully saturated rings. The van der Waals surface area contributed by atoms with Crippen molar-refractivity contribution in [3.8, 4) is 0 Å². The molecule has 0 radical (unpaired) electrons. The summed E-state index contributed by atoms with van der Waals surface area (Å²) in [6.07, 6.45) is 8.30. The molecule has 0 atom stereocenters. The molecule has 5 heteroatoms. The molecule has 106 valence electrons. The van der Waals surface area contributed by atoms with Crippen molar-refractivity contribution < 1.29 is 0 Å². The fourth-order valence-corrected chi connectivity index (χ4v) is 3.23. The van der Waals surface area contributed by atoms with Gasteiger partial charge in [-0.05, 0) is 32.1 Å². The largest absolute Gasteiger partial charge is 0.362 e. The highest BCUT2D eigenvalue weighted by Gasteiger charge is 2.28. The van der Waals surface area contributed by atoms with Crippen LogP contribution in [0.3, 0.4) is 0 Å². The molecule has 2 rings (SSSR count). The number of aryl methyl sites for hydroxylation is 1. The zero-order chi connectivity index (χ0) is 13.7. The first-order chi connectivity index (χ1) is 9.24. The maximum absolute atomic E-state index is 6.10. The summed E-state index contributed by atoms with van der Waals surface area (Å²) in [6.45, 7) is 2.09. The number of halogens is 2. The van der Waals surface area contributed by atoms with E-state index in [1.807, 2.05) is 0 Å². The SMILES string of the molecule is CCC(CCl)(CCl)Nc1ncnc2c1CCCCC2. The number of nitrogens with zero attached hydrogens (tertiary/aromatic N) is 2. The first kappa shape index (κ1) is 14.9. The van der Waals surface area contributed by atoms with Crippen LogP contribution in [0.2, 0.25) is 0 Å². The first-order valence-corrected chi connectivity index (χ1v) is 8.04. The molecule has 0 aliphatic heterocycles. The van der Waals surface area contributed by atoms with Gasteiger partial charge in [0.25, 0.3) is 0 Å². The maximum Gasteiger partial charge on any atom is 0.133 e. The van der Waals surface area contributed by atoms with Crippen molar-refractivity contribution in [2.45, 2.75) is 51.0 Å². The number of hydrogen-bond acceptors (Lipinski definition) is 3. The lowest BCUT2D eigenvalue weighted by Crippen LogP contribution is -2.42. The van der Waals surface area contributed by atoms with Crippen molar-refractivity contribution in [1.29, 1.82) is 0 Å². The van der Waals surface area contributed by atoms with Gasteiger partial charge in [0.2, 0.25) is 0 Å². The highest BCUT2D eigenvalue weighted by molar-refractivity contribution is 6.22. The van der Waals surface area contributed by atoms with E-state index in [-0.39, 0.29) is 5.54 Å². The average molecular weight is 302 g/mol. The Kier molecular flexibility index (Phi) is 5.28. The summed E-state index contributed by atoms with van der Waals surface area (Å²) in [7, 11) is 0. The van der Waals surface area contributed by atoms with Gasteiger partial charge < -0.3 is 5.32 Å². The number of nitrogens with one attached hydrogen (secondary N) is 1. The maximum atomic E-state index is 6.10. The van der Waals surface area contributed by atoms with E-state index >= 15 is 0 Å². The van der Waals surface area contributed by atoms with Gasteiger partial charge in [-0.3, -0.25) is 0 Å². The molecule has 3 nitrogen and oxygen atoms in total. The van der Waals surface area contributed by atoms with Crippen molar-refractivity contribution in [3.05, 3.63) is 17.6 Å². The van der Waals surface area contributed by atoms with E-state index in [1.54, 1.807) is 6.33 Å². The summed E-state index contributed by atoms with van der Waals surface area (Å²) in [5, 5.41) is 3.48. The van der Waals surface area contributed by atoms with Gasteiger partial charge in [0.1, 0.15) is 12.1 Å². The number of alkyl halides is 2. The lowest BCUT2D eigenvalue weighted by atomic mass is 10.00. The molecule has 1 aliphatic rings. The quantitative estimate of drug-likeness (QED) is 0.664. The minimum Gasteiger partial charge on any atom is -0.362 e. The second kappa shape index (κ2) is 6.76. The highest BCUT2D eigenvalue weighted by Crippen LogP contribution is 2.28. The first-order valence-electron chi connectivity index (χ1n) is 6.97. The summed E-state index contributed by atoms with van der Waals surface area (Å²) in [5.41, 5.74) is 2.16. The molecular formula is C14H21Cl2N3. The summed E-state index contributed by atoms with van der Waals surface area (Å²) in [4.78, 5) is 8.85. The molecule has 0 spiro atoms. The van der Waals surface area contributed by atoms with E-state index in [4.69, 9.17) is 23.2 Å². The van der Waals surface area contributed by atoms with Crippen molar-refractivity contribution in [1.82, 2.24) is 9.97 Å². The van der Waals surface area contributed by atoms with Crippen molar-refractivity contribution in [2.75, 3.05) is 17.1 Å². The molecule has 0 amide bonds. The van der Waals surface area contributed by atoms with Crippen molar-refractivity contribution >= 4 is 29.0 Å². The van der Waals surface area contributed by atoms with Crippen LogP contribution in [0.5, 0.6) is 0 Å². The Morgan fingerprint density at radius 2 is 1.89 bits per heavy atom. The van der Waals surface area contributed by atoms with Gasteiger partial charge in [0.15, 0.2) is 0 Å². The Morgan fingerprint density at radius 3 is 2.58 bits per heavy atom. The molecular weight excluding hydrogens is 281 g/mol. The van der Waals surface area contributed by atoms with Gasteiger partial charge >= 0.3 is 0 Å². The summed E-state index contributed by atoms with van der Waals surface area (Å²) in [6, 6.07) is 0. The Balaban J connectivity index is 2.30. The zero-order valence-corrected chi connectivity index (χ0v) is 12.9. The smallest absolute Gasteiger partial charge is 0.133 e. The van der Waals surface area contributed by atoms with E-state index in [1.165, 1.54) is 30.5 Å². The molecule has 19 heavy (non-hydrogen) atoms. The fourth-order valence-electron chi connectivity index (χ4n) is 2.44. The van der Waals surface area contributed by atoms with Crippen LogP contribution in [0, 0.1) is 0 Å². The van der Waals surface area contributed by atoms with Crippen LogP contribution in [0.25, 0.3) is 0 Å². The van der Waals surface area contributed by atoms with Gasteiger partial charge in [-0.25, -0.2) is 9.97 Å². The molecule has 0 saturated heterocycles. The predicted octanol–water partition coefficient (Wildman–Crippen LogP) is 3.78. The van der Waals surface area contributed by atoms with Crippen LogP contribution in [-0.2, 0) is 12.8 Å². The van der Waals surface area contributed by atoms with Gasteiger partial charge in [-0.15, -0.1) is 23.2 Å². The molecule has 0 aromatic carbocycles. The van der Waals surface area contributed by atoms with E-state index in [0.717, 1.165) is 25.1 Å². The van der Waals surface area contributed by atoms with Crippen molar-refractivity contribution in [3.63, 3.8) is 0 Å². The van der Waals surface area contributed by atoms with Crippen LogP contribution >= 0.6 is 23.2 Å². The Hall–Kier alpha value is -0.540. The summed E-state index contributed by atoms with van der Waals surface area (Å²) in [5.74, 6) is 1.88. The molecule has 1 aromatic heterocycles. The number of hydrogen-bond donors (Lipinski definition) is 1. The van der Waals surface area contributed by atoms with Crippen LogP contribution < -0.4 is 5.32 Å². The Morgan fingerprint density at radius 1 is 1.16 bits per heavy atom. The van der Waals surface area contributed by atoms with Gasteiger partial charge in [0.05, 0.1) is 5.54 Å². The highest BCUT2D eigenvalue weighted by atomic mass is 35.5. The number of anilines is 1. The molecule has 0 unspecified atom stereocenters. The summed E-state index contributed by atoms with van der Waals surface area (Å²) >= 11 is 12.2. The number of rotatable bonds is 5.